The zero-order chi connectivity index (χ0) is 25.9. The minimum absolute atomic E-state index is 0.0544. The number of carbonyl (C=O) groups excluding carboxylic acids is 1. The van der Waals surface area contributed by atoms with Gasteiger partial charge in [-0.15, -0.1) is 0 Å². The molecule has 4 aromatic carbocycles. The number of carboxylic acid groups (broad SMARTS) is 1. The fraction of sp³-hybridized carbons (Fsp3) is 0.0357. The Bertz CT molecular complexity index is 1610. The number of amides is 1. The van der Waals surface area contributed by atoms with Crippen molar-refractivity contribution in [3.05, 3.63) is 110 Å². The largest absolute Gasteiger partial charge is 0.488 e. The quantitative estimate of drug-likeness (QED) is 0.227. The van der Waals surface area contributed by atoms with Crippen LogP contribution < -0.4 is 10.1 Å². The number of aromatic carboxylic acids is 1. The van der Waals surface area contributed by atoms with Gasteiger partial charge in [0.25, 0.3) is 5.91 Å². The number of rotatable bonds is 6. The van der Waals surface area contributed by atoms with Crippen molar-refractivity contribution in [2.24, 2.45) is 4.99 Å². The number of hydrogen-bond acceptors (Lipinski definition) is 5. The predicted octanol–water partition coefficient (Wildman–Crippen LogP) is 7.42. The molecule has 5 rings (SSSR count). The highest BCUT2D eigenvalue weighted by atomic mass is 79.9. The van der Waals surface area contributed by atoms with Crippen LogP contribution in [-0.2, 0) is 11.4 Å². The summed E-state index contributed by atoms with van der Waals surface area (Å²) < 4.78 is 6.84. The van der Waals surface area contributed by atoms with Crippen molar-refractivity contribution in [2.45, 2.75) is 6.61 Å². The first-order valence-electron chi connectivity index (χ1n) is 11.1. The Morgan fingerprint density at radius 2 is 1.89 bits per heavy atom. The molecule has 0 atom stereocenters. The second kappa shape index (κ2) is 10.8. The molecule has 1 aliphatic rings. The summed E-state index contributed by atoms with van der Waals surface area (Å²) in [4.78, 5) is 28.6. The van der Waals surface area contributed by atoms with Crippen LogP contribution in [0.4, 0.5) is 5.69 Å². The second-order valence-electron chi connectivity index (χ2n) is 8.07. The SMILES string of the molecule is O=C1NC(=Nc2ccc(Cl)c(C(=O)O)c2)SC1=Cc1ccc(OCc2cccc3ccccc23)c(Br)c1. The monoisotopic (exact) mass is 592 g/mol. The maximum absolute atomic E-state index is 12.5. The number of thioether (sulfide) groups is 1. The van der Waals surface area contributed by atoms with E-state index >= 15 is 0 Å². The highest BCUT2D eigenvalue weighted by molar-refractivity contribution is 9.10. The van der Waals surface area contributed by atoms with Crippen LogP contribution >= 0.6 is 39.3 Å². The van der Waals surface area contributed by atoms with Crippen LogP contribution in [0.15, 0.2) is 93.2 Å². The highest BCUT2D eigenvalue weighted by Crippen LogP contribution is 2.32. The third-order valence-corrected chi connectivity index (χ3v) is 7.44. The van der Waals surface area contributed by atoms with Gasteiger partial charge >= 0.3 is 5.97 Å². The van der Waals surface area contributed by atoms with Gasteiger partial charge in [0.15, 0.2) is 5.17 Å². The fourth-order valence-corrected chi connectivity index (χ4v) is 5.34. The van der Waals surface area contributed by atoms with Crippen LogP contribution in [0, 0.1) is 0 Å². The molecule has 1 heterocycles. The number of ether oxygens (including phenoxy) is 1. The lowest BCUT2D eigenvalue weighted by Crippen LogP contribution is -2.19. The van der Waals surface area contributed by atoms with Crippen LogP contribution in [0.25, 0.3) is 16.8 Å². The molecule has 1 amide bonds. The topological polar surface area (TPSA) is 88.0 Å². The number of carboxylic acids is 1. The van der Waals surface area contributed by atoms with E-state index in [0.29, 0.717) is 28.1 Å². The minimum Gasteiger partial charge on any atom is -0.488 e. The Morgan fingerprint density at radius 3 is 2.70 bits per heavy atom. The van der Waals surface area contributed by atoms with Crippen LogP contribution in [0.3, 0.4) is 0 Å². The van der Waals surface area contributed by atoms with E-state index in [9.17, 15) is 14.7 Å². The van der Waals surface area contributed by atoms with Crippen molar-refractivity contribution >= 4 is 78.9 Å². The van der Waals surface area contributed by atoms with E-state index in [2.05, 4.69) is 50.5 Å². The summed E-state index contributed by atoms with van der Waals surface area (Å²) in [6, 6.07) is 24.4. The Kier molecular flexibility index (Phi) is 7.32. The molecule has 0 aromatic heterocycles. The summed E-state index contributed by atoms with van der Waals surface area (Å²) in [5, 5.41) is 14.7. The Hall–Kier alpha value is -3.59. The molecule has 0 saturated carbocycles. The number of nitrogens with zero attached hydrogens (tertiary/aromatic N) is 1. The lowest BCUT2D eigenvalue weighted by Gasteiger charge is -2.11. The maximum Gasteiger partial charge on any atom is 0.337 e. The maximum atomic E-state index is 12.5. The van der Waals surface area contributed by atoms with Crippen molar-refractivity contribution in [3.63, 3.8) is 0 Å². The van der Waals surface area contributed by atoms with Gasteiger partial charge in [-0.25, -0.2) is 9.79 Å². The van der Waals surface area contributed by atoms with E-state index in [1.54, 1.807) is 12.1 Å². The molecule has 0 radical (unpaired) electrons. The van der Waals surface area contributed by atoms with Crippen LogP contribution in [-0.4, -0.2) is 22.2 Å². The van der Waals surface area contributed by atoms with Gasteiger partial charge in [0.05, 0.1) is 25.7 Å². The van der Waals surface area contributed by atoms with Gasteiger partial charge in [0, 0.05) is 0 Å². The van der Waals surface area contributed by atoms with Crippen molar-refractivity contribution in [1.82, 2.24) is 5.32 Å². The molecule has 1 aliphatic heterocycles. The first kappa shape index (κ1) is 25.1. The zero-order valence-electron chi connectivity index (χ0n) is 19.1. The average molecular weight is 594 g/mol. The third kappa shape index (κ3) is 5.72. The third-order valence-electron chi connectivity index (χ3n) is 5.58. The first-order valence-corrected chi connectivity index (χ1v) is 13.1. The van der Waals surface area contributed by atoms with Crippen molar-refractivity contribution in [2.75, 3.05) is 0 Å². The number of amidine groups is 1. The van der Waals surface area contributed by atoms with E-state index in [1.165, 1.54) is 29.3 Å². The summed E-state index contributed by atoms with van der Waals surface area (Å²) >= 11 is 10.7. The normalized spacial score (nSPS) is 15.4. The fourth-order valence-electron chi connectivity index (χ4n) is 3.79. The lowest BCUT2D eigenvalue weighted by molar-refractivity contribution is -0.115. The molecule has 184 valence electrons. The van der Waals surface area contributed by atoms with Crippen LogP contribution in [0.2, 0.25) is 5.02 Å². The number of carbonyl (C=O) groups is 2. The zero-order valence-corrected chi connectivity index (χ0v) is 22.2. The summed E-state index contributed by atoms with van der Waals surface area (Å²) in [5.74, 6) is -0.743. The van der Waals surface area contributed by atoms with Crippen LogP contribution in [0.1, 0.15) is 21.5 Å². The molecule has 6 nitrogen and oxygen atoms in total. The van der Waals surface area contributed by atoms with Gasteiger partial charge in [-0.05, 0) is 86.0 Å². The number of benzene rings is 4. The molecule has 0 unspecified atom stereocenters. The summed E-state index contributed by atoms with van der Waals surface area (Å²) in [7, 11) is 0. The summed E-state index contributed by atoms with van der Waals surface area (Å²) in [6.07, 6.45) is 1.76. The molecule has 0 aliphatic carbocycles. The number of fused-ring (bicyclic) bond motifs is 1. The Labute approximate surface area is 230 Å². The lowest BCUT2D eigenvalue weighted by atomic mass is 10.1. The van der Waals surface area contributed by atoms with Gasteiger partial charge in [0.2, 0.25) is 0 Å². The molecule has 0 spiro atoms. The van der Waals surface area contributed by atoms with Gasteiger partial charge < -0.3 is 15.2 Å². The highest BCUT2D eigenvalue weighted by Gasteiger charge is 2.24. The smallest absolute Gasteiger partial charge is 0.337 e. The molecular formula is C28H18BrClN2O4S. The van der Waals surface area contributed by atoms with Gasteiger partial charge in [-0.1, -0.05) is 60.1 Å². The number of nitrogens with one attached hydrogen (secondary N) is 1. The molecule has 9 heteroatoms. The first-order chi connectivity index (χ1) is 17.9. The number of halogens is 2. The Balaban J connectivity index is 1.30. The van der Waals surface area contributed by atoms with E-state index in [4.69, 9.17) is 16.3 Å². The standard InChI is InChI=1S/C28H18BrClN2O4S/c29-22-12-16(8-11-24(22)36-15-18-6-3-5-17-4-1-2-7-20(17)18)13-25-26(33)32-28(37-25)31-19-9-10-23(30)21(14-19)27(34)35/h1-14H,15H2,(H,34,35)(H,31,32,33). The Morgan fingerprint density at radius 1 is 1.08 bits per heavy atom. The minimum atomic E-state index is -1.15. The van der Waals surface area contributed by atoms with Gasteiger partial charge in [0.1, 0.15) is 12.4 Å². The van der Waals surface area contributed by atoms with Crippen LogP contribution in [0.5, 0.6) is 5.75 Å². The van der Waals surface area contributed by atoms with E-state index in [-0.39, 0.29) is 16.5 Å². The van der Waals surface area contributed by atoms with Gasteiger partial charge in [-0.3, -0.25) is 4.79 Å². The number of aliphatic imine (C=N–C) groups is 1. The average Bonchev–Trinajstić information content (AvgIpc) is 3.22. The molecule has 1 saturated heterocycles. The van der Waals surface area contributed by atoms with Crippen molar-refractivity contribution in [1.29, 1.82) is 0 Å². The number of hydrogen-bond donors (Lipinski definition) is 2. The van der Waals surface area contributed by atoms with Gasteiger partial charge in [-0.2, -0.15) is 0 Å². The summed E-state index contributed by atoms with van der Waals surface area (Å²) in [5.41, 5.74) is 2.23. The molecule has 2 N–H and O–H groups in total. The van der Waals surface area contributed by atoms with E-state index in [0.717, 1.165) is 21.0 Å². The molecule has 37 heavy (non-hydrogen) atoms. The predicted molar refractivity (Wildman–Crippen MR) is 152 cm³/mol. The molecular weight excluding hydrogens is 576 g/mol. The molecule has 4 aromatic rings. The van der Waals surface area contributed by atoms with E-state index in [1.807, 2.05) is 36.4 Å². The van der Waals surface area contributed by atoms with E-state index < -0.39 is 5.97 Å². The second-order valence-corrected chi connectivity index (χ2v) is 10.4. The summed E-state index contributed by atoms with van der Waals surface area (Å²) in [6.45, 7) is 0.423. The van der Waals surface area contributed by atoms with Crippen molar-refractivity contribution in [3.8, 4) is 5.75 Å². The molecule has 1 fully saturated rings. The molecule has 0 bridgehead atoms. The van der Waals surface area contributed by atoms with Crippen molar-refractivity contribution < 1.29 is 19.4 Å².